The van der Waals surface area contributed by atoms with Gasteiger partial charge in [0.25, 0.3) is 0 Å². The maximum absolute atomic E-state index is 11.6. The van der Waals surface area contributed by atoms with E-state index < -0.39 is 0 Å². The van der Waals surface area contributed by atoms with Crippen molar-refractivity contribution >= 4 is 11.9 Å². The molecule has 0 radical (unpaired) electrons. The summed E-state index contributed by atoms with van der Waals surface area (Å²) >= 11 is 0. The predicted octanol–water partition coefficient (Wildman–Crippen LogP) is 1.37. The Morgan fingerprint density at radius 3 is 2.69 bits per heavy atom. The summed E-state index contributed by atoms with van der Waals surface area (Å²) in [4.78, 5) is 17.1. The summed E-state index contributed by atoms with van der Waals surface area (Å²) in [6, 6.07) is -0.348. The molecule has 0 aliphatic carbocycles. The van der Waals surface area contributed by atoms with Gasteiger partial charge < -0.3 is 15.4 Å². The first-order valence-corrected chi connectivity index (χ1v) is 5.61. The quantitative estimate of drug-likeness (QED) is 0.771. The number of nitrogens with two attached hydrogens (primary N) is 1. The van der Waals surface area contributed by atoms with Gasteiger partial charge >= 0.3 is 6.03 Å². The minimum absolute atomic E-state index is 0.123. The van der Waals surface area contributed by atoms with Crippen LogP contribution in [0, 0.1) is 0 Å². The molecule has 0 spiro atoms. The van der Waals surface area contributed by atoms with Crippen molar-refractivity contribution in [2.24, 2.45) is 10.7 Å². The van der Waals surface area contributed by atoms with Gasteiger partial charge in [0.15, 0.2) is 0 Å². The molecule has 2 N–H and O–H groups in total. The average Bonchev–Trinajstić information content (AvgIpc) is 2.45. The van der Waals surface area contributed by atoms with Crippen LogP contribution in [0.3, 0.4) is 0 Å². The Balaban J connectivity index is 2.76. The van der Waals surface area contributed by atoms with Gasteiger partial charge in [-0.05, 0) is 20.3 Å². The van der Waals surface area contributed by atoms with Gasteiger partial charge in [-0.25, -0.2) is 4.79 Å². The molecule has 0 aromatic carbocycles. The number of urea groups is 1. The van der Waals surface area contributed by atoms with Gasteiger partial charge in [0.1, 0.15) is 5.84 Å². The maximum atomic E-state index is 11.6. The van der Waals surface area contributed by atoms with E-state index in [1.165, 1.54) is 0 Å². The molecule has 0 bridgehead atoms. The van der Waals surface area contributed by atoms with Crippen LogP contribution in [0.1, 0.15) is 33.6 Å². The number of hydrogen-bond donors (Lipinski definition) is 1. The summed E-state index contributed by atoms with van der Waals surface area (Å²) in [5.41, 5.74) is 5.48. The minimum Gasteiger partial charge on any atom is -0.385 e. The van der Waals surface area contributed by atoms with Crippen molar-refractivity contribution in [2.45, 2.75) is 45.3 Å². The Hall–Kier alpha value is -1.10. The molecule has 0 aromatic heterocycles. The first-order chi connectivity index (χ1) is 7.41. The number of aliphatic imine (C=N–C) groups is 1. The highest BCUT2D eigenvalue weighted by Crippen LogP contribution is 2.23. The molecule has 5 heteroatoms. The van der Waals surface area contributed by atoms with Gasteiger partial charge in [-0.1, -0.05) is 6.92 Å². The molecule has 5 nitrogen and oxygen atoms in total. The average molecular weight is 227 g/mol. The fraction of sp³-hybridized carbons (Fsp3) is 0.818. The van der Waals surface area contributed by atoms with Gasteiger partial charge in [-0.15, -0.1) is 0 Å². The number of amidine groups is 1. The Morgan fingerprint density at radius 2 is 2.19 bits per heavy atom. The normalized spacial score (nSPS) is 21.5. The SMILES string of the molecule is CCCN1C(=O)N=C(N)C1CC(C)(C)OC. The molecule has 92 valence electrons. The molecule has 1 atom stereocenters. The second-order valence-electron chi connectivity index (χ2n) is 4.70. The van der Waals surface area contributed by atoms with E-state index in [4.69, 9.17) is 10.5 Å². The molecule has 1 aliphatic heterocycles. The maximum Gasteiger partial charge on any atom is 0.345 e. The molecule has 0 saturated heterocycles. The van der Waals surface area contributed by atoms with Gasteiger partial charge in [0.05, 0.1) is 11.6 Å². The molecular weight excluding hydrogens is 206 g/mol. The highest BCUT2D eigenvalue weighted by atomic mass is 16.5. The fourth-order valence-corrected chi connectivity index (χ4v) is 1.80. The van der Waals surface area contributed by atoms with E-state index in [0.29, 0.717) is 18.8 Å². The molecule has 0 fully saturated rings. The smallest absolute Gasteiger partial charge is 0.345 e. The third kappa shape index (κ3) is 2.72. The van der Waals surface area contributed by atoms with Crippen molar-refractivity contribution in [1.82, 2.24) is 4.90 Å². The molecular formula is C11H21N3O2. The molecule has 1 heterocycles. The largest absolute Gasteiger partial charge is 0.385 e. The third-order valence-corrected chi connectivity index (χ3v) is 2.89. The highest BCUT2D eigenvalue weighted by Gasteiger charge is 2.36. The molecule has 1 rings (SSSR count). The number of nitrogens with zero attached hydrogens (tertiary/aromatic N) is 2. The van der Waals surface area contributed by atoms with Crippen LogP contribution in [0.15, 0.2) is 4.99 Å². The lowest BCUT2D eigenvalue weighted by atomic mass is 9.97. The Kier molecular flexibility index (Phi) is 3.91. The molecule has 0 saturated carbocycles. The summed E-state index contributed by atoms with van der Waals surface area (Å²) in [6.07, 6.45) is 1.57. The zero-order chi connectivity index (χ0) is 12.3. The van der Waals surface area contributed by atoms with Gasteiger partial charge in [0, 0.05) is 20.1 Å². The predicted molar refractivity (Wildman–Crippen MR) is 63.5 cm³/mol. The zero-order valence-electron chi connectivity index (χ0n) is 10.5. The summed E-state index contributed by atoms with van der Waals surface area (Å²) in [7, 11) is 1.66. The number of carbonyl (C=O) groups excluding carboxylic acids is 1. The van der Waals surface area contributed by atoms with Crippen molar-refractivity contribution in [1.29, 1.82) is 0 Å². The molecule has 1 aliphatic rings. The summed E-state index contributed by atoms with van der Waals surface area (Å²) in [6.45, 7) is 6.67. The number of methoxy groups -OCH3 is 1. The van der Waals surface area contributed by atoms with Crippen LogP contribution in [-0.2, 0) is 4.74 Å². The number of hydrogen-bond acceptors (Lipinski definition) is 3. The fourth-order valence-electron chi connectivity index (χ4n) is 1.80. The number of carbonyl (C=O) groups is 1. The lowest BCUT2D eigenvalue weighted by Gasteiger charge is -2.31. The first-order valence-electron chi connectivity index (χ1n) is 5.61. The van der Waals surface area contributed by atoms with Crippen molar-refractivity contribution in [3.63, 3.8) is 0 Å². The van der Waals surface area contributed by atoms with E-state index in [1.807, 2.05) is 20.8 Å². The van der Waals surface area contributed by atoms with Crippen LogP contribution in [0.25, 0.3) is 0 Å². The van der Waals surface area contributed by atoms with Crippen LogP contribution in [-0.4, -0.2) is 42.1 Å². The second-order valence-corrected chi connectivity index (χ2v) is 4.70. The van der Waals surface area contributed by atoms with Crippen molar-refractivity contribution < 1.29 is 9.53 Å². The summed E-state index contributed by atoms with van der Waals surface area (Å²) in [5.74, 6) is 0.406. The van der Waals surface area contributed by atoms with E-state index in [9.17, 15) is 4.79 Å². The van der Waals surface area contributed by atoms with E-state index in [1.54, 1.807) is 12.0 Å². The number of rotatable bonds is 5. The lowest BCUT2D eigenvalue weighted by Crippen LogP contribution is -2.45. The van der Waals surface area contributed by atoms with Crippen LogP contribution in [0.4, 0.5) is 4.79 Å². The Labute approximate surface area is 96.7 Å². The van der Waals surface area contributed by atoms with Crippen molar-refractivity contribution in [3.05, 3.63) is 0 Å². The van der Waals surface area contributed by atoms with Gasteiger partial charge in [0.2, 0.25) is 0 Å². The van der Waals surface area contributed by atoms with Crippen LogP contribution in [0.2, 0.25) is 0 Å². The topological polar surface area (TPSA) is 67.9 Å². The monoisotopic (exact) mass is 227 g/mol. The lowest BCUT2D eigenvalue weighted by molar-refractivity contribution is 0.00536. The van der Waals surface area contributed by atoms with E-state index in [-0.39, 0.29) is 17.7 Å². The number of ether oxygens (including phenoxy) is 1. The standard InChI is InChI=1S/C11H21N3O2/c1-5-6-14-8(7-11(2,3)16-4)9(12)13-10(14)15/h8H,5-7H2,1-4H3,(H2,12,13,15). The Bertz CT molecular complexity index is 300. The molecule has 0 aromatic rings. The first kappa shape index (κ1) is 13.0. The van der Waals surface area contributed by atoms with Gasteiger partial charge in [-0.3, -0.25) is 0 Å². The zero-order valence-corrected chi connectivity index (χ0v) is 10.5. The van der Waals surface area contributed by atoms with E-state index in [2.05, 4.69) is 4.99 Å². The summed E-state index contributed by atoms with van der Waals surface area (Å²) < 4.78 is 5.36. The highest BCUT2D eigenvalue weighted by molar-refractivity contribution is 6.02. The molecule has 2 amide bonds. The van der Waals surface area contributed by atoms with E-state index >= 15 is 0 Å². The molecule has 16 heavy (non-hydrogen) atoms. The summed E-state index contributed by atoms with van der Waals surface area (Å²) in [5, 5.41) is 0. The second kappa shape index (κ2) is 4.82. The van der Waals surface area contributed by atoms with Crippen LogP contribution >= 0.6 is 0 Å². The number of amides is 2. The van der Waals surface area contributed by atoms with Gasteiger partial charge in [-0.2, -0.15) is 4.99 Å². The van der Waals surface area contributed by atoms with Crippen molar-refractivity contribution in [3.8, 4) is 0 Å². The Morgan fingerprint density at radius 1 is 1.56 bits per heavy atom. The third-order valence-electron chi connectivity index (χ3n) is 2.89. The molecule has 1 unspecified atom stereocenters. The van der Waals surface area contributed by atoms with Crippen molar-refractivity contribution in [2.75, 3.05) is 13.7 Å². The van der Waals surface area contributed by atoms with Crippen LogP contribution < -0.4 is 5.73 Å². The minimum atomic E-state index is -0.304. The van der Waals surface area contributed by atoms with Crippen LogP contribution in [0.5, 0.6) is 0 Å². The van der Waals surface area contributed by atoms with E-state index in [0.717, 1.165) is 6.42 Å².